The summed E-state index contributed by atoms with van der Waals surface area (Å²) in [4.78, 5) is 17.4. The fourth-order valence-electron chi connectivity index (χ4n) is 3.54. The molecule has 1 atom stereocenters. The van der Waals surface area contributed by atoms with Gasteiger partial charge in [0.2, 0.25) is 0 Å². The van der Waals surface area contributed by atoms with Crippen molar-refractivity contribution in [1.29, 1.82) is 0 Å². The van der Waals surface area contributed by atoms with Crippen LogP contribution in [0, 0.1) is 5.82 Å². The van der Waals surface area contributed by atoms with Gasteiger partial charge in [-0.2, -0.15) is 0 Å². The molecule has 0 fully saturated rings. The van der Waals surface area contributed by atoms with Crippen LogP contribution in [-0.4, -0.2) is 23.9 Å². The van der Waals surface area contributed by atoms with Gasteiger partial charge in [0.1, 0.15) is 28.5 Å². The highest BCUT2D eigenvalue weighted by atomic mass is 19.4. The third-order valence-electron chi connectivity index (χ3n) is 4.92. The van der Waals surface area contributed by atoms with Crippen LogP contribution in [0.15, 0.2) is 66.9 Å². The highest BCUT2D eigenvalue weighted by molar-refractivity contribution is 5.95. The van der Waals surface area contributed by atoms with E-state index in [9.17, 15) is 22.4 Å². The lowest BCUT2D eigenvalue weighted by Crippen LogP contribution is -2.50. The minimum atomic E-state index is -4.82. The standard InChI is InChI=1S/C22H16F4N2O3/c23-16-7-3-14(4-8-16)20(29)28-21(11-13-30-18-2-1-12-27-19(18)21)15-5-9-17(10-6-15)31-22(24,25)26/h1-10,12H,11,13H2,(H,28,29)/t21-/m0/s1. The molecule has 0 spiro atoms. The van der Waals surface area contributed by atoms with Gasteiger partial charge in [-0.15, -0.1) is 13.2 Å². The molecule has 0 saturated heterocycles. The van der Waals surface area contributed by atoms with E-state index in [0.29, 0.717) is 17.0 Å². The van der Waals surface area contributed by atoms with Gasteiger partial charge >= 0.3 is 6.36 Å². The lowest BCUT2D eigenvalue weighted by atomic mass is 9.81. The monoisotopic (exact) mass is 432 g/mol. The Hall–Kier alpha value is -3.62. The Morgan fingerprint density at radius 1 is 1.06 bits per heavy atom. The average molecular weight is 432 g/mol. The van der Waals surface area contributed by atoms with Crippen LogP contribution < -0.4 is 14.8 Å². The number of carbonyl (C=O) groups is 1. The second-order valence-corrected chi connectivity index (χ2v) is 6.89. The van der Waals surface area contributed by atoms with E-state index in [1.54, 1.807) is 12.1 Å². The summed E-state index contributed by atoms with van der Waals surface area (Å²) >= 11 is 0. The summed E-state index contributed by atoms with van der Waals surface area (Å²) in [6, 6.07) is 13.6. The van der Waals surface area contributed by atoms with Gasteiger partial charge in [0, 0.05) is 18.2 Å². The van der Waals surface area contributed by atoms with E-state index >= 15 is 0 Å². The molecule has 1 aromatic heterocycles. The maximum Gasteiger partial charge on any atom is 0.573 e. The van der Waals surface area contributed by atoms with Gasteiger partial charge in [0.05, 0.1) is 6.61 Å². The van der Waals surface area contributed by atoms with Crippen molar-refractivity contribution in [3.8, 4) is 11.5 Å². The highest BCUT2D eigenvalue weighted by Crippen LogP contribution is 2.41. The second-order valence-electron chi connectivity index (χ2n) is 6.89. The summed E-state index contributed by atoms with van der Waals surface area (Å²) in [5.41, 5.74) is -0.0272. The number of nitrogens with one attached hydrogen (secondary N) is 1. The quantitative estimate of drug-likeness (QED) is 0.614. The van der Waals surface area contributed by atoms with Crippen molar-refractivity contribution >= 4 is 5.91 Å². The first-order valence-corrected chi connectivity index (χ1v) is 9.29. The molecule has 0 bridgehead atoms. The van der Waals surface area contributed by atoms with Gasteiger partial charge in [-0.25, -0.2) is 4.39 Å². The molecule has 0 unspecified atom stereocenters. The zero-order chi connectivity index (χ0) is 22.1. The van der Waals surface area contributed by atoms with Gasteiger partial charge in [0.15, 0.2) is 0 Å². The first-order valence-electron chi connectivity index (χ1n) is 9.29. The van der Waals surface area contributed by atoms with E-state index in [-0.39, 0.29) is 24.3 Å². The van der Waals surface area contributed by atoms with E-state index < -0.39 is 23.6 Å². The summed E-state index contributed by atoms with van der Waals surface area (Å²) in [6.45, 7) is 0.239. The normalized spacial score (nSPS) is 17.9. The minimum Gasteiger partial charge on any atom is -0.491 e. The van der Waals surface area contributed by atoms with Crippen LogP contribution in [0.25, 0.3) is 0 Å². The molecular formula is C22H16F4N2O3. The van der Waals surface area contributed by atoms with E-state index in [0.717, 1.165) is 0 Å². The molecule has 0 aliphatic carbocycles. The lowest BCUT2D eigenvalue weighted by molar-refractivity contribution is -0.274. The molecule has 1 amide bonds. The largest absolute Gasteiger partial charge is 0.573 e. The number of fused-ring (bicyclic) bond motifs is 1. The smallest absolute Gasteiger partial charge is 0.491 e. The summed E-state index contributed by atoms with van der Waals surface area (Å²) in [5.74, 6) is -0.910. The number of amides is 1. The number of hydrogen-bond acceptors (Lipinski definition) is 4. The number of rotatable bonds is 4. The first kappa shape index (κ1) is 20.6. The maximum atomic E-state index is 13.3. The summed E-state index contributed by atoms with van der Waals surface area (Å²) < 4.78 is 60.4. The molecule has 0 radical (unpaired) electrons. The van der Waals surface area contributed by atoms with Gasteiger partial charge in [0.25, 0.3) is 5.91 Å². The van der Waals surface area contributed by atoms with Crippen molar-refractivity contribution < 1.29 is 31.8 Å². The Balaban J connectivity index is 1.76. The molecule has 3 aromatic rings. The SMILES string of the molecule is O=C(N[C@]1(c2ccc(OC(F)(F)F)cc2)CCOc2cccnc21)c1ccc(F)cc1. The van der Waals surface area contributed by atoms with Crippen molar-refractivity contribution in [2.45, 2.75) is 18.3 Å². The fraction of sp³-hybridized carbons (Fsp3) is 0.182. The maximum absolute atomic E-state index is 13.3. The van der Waals surface area contributed by atoms with Crippen molar-refractivity contribution in [2.75, 3.05) is 6.61 Å². The number of aromatic nitrogens is 1. The summed E-state index contributed by atoms with van der Waals surface area (Å²) in [7, 11) is 0. The van der Waals surface area contributed by atoms with Crippen molar-refractivity contribution in [3.05, 3.63) is 89.5 Å². The number of carbonyl (C=O) groups excluding carboxylic acids is 1. The fourth-order valence-corrected chi connectivity index (χ4v) is 3.54. The Bertz CT molecular complexity index is 1090. The number of benzene rings is 2. The molecule has 2 heterocycles. The Morgan fingerprint density at radius 3 is 2.45 bits per heavy atom. The summed E-state index contributed by atoms with van der Waals surface area (Å²) in [6.07, 6.45) is -3.00. The van der Waals surface area contributed by atoms with Gasteiger partial charge in [-0.3, -0.25) is 9.78 Å². The van der Waals surface area contributed by atoms with Crippen LogP contribution in [0.4, 0.5) is 17.6 Å². The Morgan fingerprint density at radius 2 is 1.77 bits per heavy atom. The minimum absolute atomic E-state index is 0.224. The van der Waals surface area contributed by atoms with Gasteiger partial charge in [-0.1, -0.05) is 12.1 Å². The van der Waals surface area contributed by atoms with Crippen molar-refractivity contribution in [3.63, 3.8) is 0 Å². The second kappa shape index (κ2) is 7.90. The molecule has 0 saturated carbocycles. The number of hydrogen-bond donors (Lipinski definition) is 1. The van der Waals surface area contributed by atoms with Crippen LogP contribution in [0.3, 0.4) is 0 Å². The van der Waals surface area contributed by atoms with Crippen LogP contribution in [-0.2, 0) is 5.54 Å². The predicted molar refractivity (Wildman–Crippen MR) is 102 cm³/mol. The molecule has 1 aliphatic heterocycles. The lowest BCUT2D eigenvalue weighted by Gasteiger charge is -2.39. The first-order chi connectivity index (χ1) is 14.8. The molecule has 2 aromatic carbocycles. The topological polar surface area (TPSA) is 60.5 Å². The molecule has 31 heavy (non-hydrogen) atoms. The number of alkyl halides is 3. The van der Waals surface area contributed by atoms with Gasteiger partial charge < -0.3 is 14.8 Å². The number of nitrogens with zero attached hydrogens (tertiary/aromatic N) is 1. The molecule has 1 N–H and O–H groups in total. The molecule has 9 heteroatoms. The molecule has 1 aliphatic rings. The zero-order valence-electron chi connectivity index (χ0n) is 15.9. The summed E-state index contributed by atoms with van der Waals surface area (Å²) in [5, 5.41) is 2.94. The average Bonchev–Trinajstić information content (AvgIpc) is 2.74. The van der Waals surface area contributed by atoms with Gasteiger partial charge in [-0.05, 0) is 54.1 Å². The van der Waals surface area contributed by atoms with Crippen LogP contribution in [0.2, 0.25) is 0 Å². The van der Waals surface area contributed by atoms with Crippen molar-refractivity contribution in [1.82, 2.24) is 10.3 Å². The molecule has 5 nitrogen and oxygen atoms in total. The predicted octanol–water partition coefficient (Wildman–Crippen LogP) is 4.58. The van der Waals surface area contributed by atoms with Crippen LogP contribution >= 0.6 is 0 Å². The zero-order valence-corrected chi connectivity index (χ0v) is 15.9. The molecular weight excluding hydrogens is 416 g/mol. The Kier molecular flexibility index (Phi) is 5.26. The van der Waals surface area contributed by atoms with E-state index in [2.05, 4.69) is 15.0 Å². The highest BCUT2D eigenvalue weighted by Gasteiger charge is 2.42. The third-order valence-corrected chi connectivity index (χ3v) is 4.92. The van der Waals surface area contributed by atoms with Crippen LogP contribution in [0.1, 0.15) is 28.0 Å². The third kappa shape index (κ3) is 4.30. The van der Waals surface area contributed by atoms with E-state index in [1.165, 1.54) is 54.7 Å². The van der Waals surface area contributed by atoms with E-state index in [1.807, 2.05) is 0 Å². The van der Waals surface area contributed by atoms with Crippen molar-refractivity contribution in [2.24, 2.45) is 0 Å². The number of halogens is 4. The molecule has 4 rings (SSSR count). The Labute approximate surface area is 174 Å². The number of pyridine rings is 1. The molecule has 160 valence electrons. The van der Waals surface area contributed by atoms with E-state index in [4.69, 9.17) is 4.74 Å². The number of ether oxygens (including phenoxy) is 2. The van der Waals surface area contributed by atoms with Crippen LogP contribution in [0.5, 0.6) is 11.5 Å².